The number of nitrogens with two attached hydrogens (primary N) is 1. The minimum absolute atomic E-state index is 0.341. The molecule has 0 bridgehead atoms. The second-order valence-corrected chi connectivity index (χ2v) is 3.54. The van der Waals surface area contributed by atoms with Crippen molar-refractivity contribution in [2.24, 2.45) is 0 Å². The average Bonchev–Trinajstić information content (AvgIpc) is 2.51. The molecule has 72 valence electrons. The Bertz CT molecular complexity index is 282. The third-order valence-electron chi connectivity index (χ3n) is 2.46. The SMILES string of the molecule is CN1CCCC(n2nnnc2N)C1. The fourth-order valence-electron chi connectivity index (χ4n) is 1.80. The van der Waals surface area contributed by atoms with Crippen LogP contribution < -0.4 is 5.73 Å². The van der Waals surface area contributed by atoms with Crippen LogP contribution in [0.2, 0.25) is 0 Å². The highest BCUT2D eigenvalue weighted by atomic mass is 15.6. The van der Waals surface area contributed by atoms with Crippen LogP contribution in [0.3, 0.4) is 0 Å². The minimum atomic E-state index is 0.341. The van der Waals surface area contributed by atoms with E-state index in [0.717, 1.165) is 19.5 Å². The summed E-state index contributed by atoms with van der Waals surface area (Å²) in [5.41, 5.74) is 5.63. The normalized spacial score (nSPS) is 24.8. The predicted molar refractivity (Wildman–Crippen MR) is 48.0 cm³/mol. The second-order valence-electron chi connectivity index (χ2n) is 3.54. The summed E-state index contributed by atoms with van der Waals surface area (Å²) in [6.07, 6.45) is 2.29. The molecule has 6 heteroatoms. The summed E-state index contributed by atoms with van der Waals surface area (Å²) in [5.74, 6) is 0.417. The number of hydrogen-bond donors (Lipinski definition) is 1. The van der Waals surface area contributed by atoms with Crippen molar-refractivity contribution in [3.8, 4) is 0 Å². The Kier molecular flexibility index (Phi) is 2.13. The van der Waals surface area contributed by atoms with E-state index in [0.29, 0.717) is 12.0 Å². The molecule has 2 rings (SSSR count). The first-order valence-electron chi connectivity index (χ1n) is 4.49. The van der Waals surface area contributed by atoms with E-state index in [1.807, 2.05) is 0 Å². The predicted octanol–water partition coefficient (Wildman–Crippen LogP) is -0.478. The van der Waals surface area contributed by atoms with Crippen molar-refractivity contribution < 1.29 is 0 Å². The van der Waals surface area contributed by atoms with Gasteiger partial charge in [0.05, 0.1) is 6.04 Å². The number of hydrogen-bond acceptors (Lipinski definition) is 5. The monoisotopic (exact) mass is 182 g/mol. The summed E-state index contributed by atoms with van der Waals surface area (Å²) in [6, 6.07) is 0.341. The summed E-state index contributed by atoms with van der Waals surface area (Å²) in [4.78, 5) is 2.27. The summed E-state index contributed by atoms with van der Waals surface area (Å²) in [7, 11) is 2.10. The molecule has 2 heterocycles. The molecule has 1 fully saturated rings. The first kappa shape index (κ1) is 8.43. The standard InChI is InChI=1S/C7H14N6/c1-12-4-2-3-6(5-12)13-7(8)9-10-11-13/h6H,2-5H2,1H3,(H2,8,9,11). The van der Waals surface area contributed by atoms with Gasteiger partial charge in [-0.15, -0.1) is 0 Å². The second kappa shape index (κ2) is 3.29. The molecule has 0 aromatic carbocycles. The van der Waals surface area contributed by atoms with Crippen molar-refractivity contribution >= 4 is 5.95 Å². The molecule has 1 unspecified atom stereocenters. The highest BCUT2D eigenvalue weighted by Crippen LogP contribution is 2.20. The van der Waals surface area contributed by atoms with Crippen LogP contribution in [0.15, 0.2) is 0 Å². The van der Waals surface area contributed by atoms with Gasteiger partial charge in [-0.1, -0.05) is 5.10 Å². The third kappa shape index (κ3) is 1.62. The van der Waals surface area contributed by atoms with Crippen LogP contribution >= 0.6 is 0 Å². The maximum Gasteiger partial charge on any atom is 0.240 e. The number of likely N-dealkylation sites (tertiary alicyclic amines) is 1. The van der Waals surface area contributed by atoms with Crippen LogP contribution in [-0.4, -0.2) is 45.2 Å². The topological polar surface area (TPSA) is 72.9 Å². The number of tetrazole rings is 1. The van der Waals surface area contributed by atoms with E-state index < -0.39 is 0 Å². The number of anilines is 1. The molecule has 1 atom stereocenters. The van der Waals surface area contributed by atoms with Crippen LogP contribution in [0.5, 0.6) is 0 Å². The molecule has 0 radical (unpaired) electrons. The van der Waals surface area contributed by atoms with Crippen molar-refractivity contribution in [1.29, 1.82) is 0 Å². The van der Waals surface area contributed by atoms with E-state index in [9.17, 15) is 0 Å². The Hall–Kier alpha value is -1.17. The lowest BCUT2D eigenvalue weighted by molar-refractivity contribution is 0.202. The molecule has 1 aromatic rings. The lowest BCUT2D eigenvalue weighted by atomic mass is 10.1. The van der Waals surface area contributed by atoms with Gasteiger partial charge in [-0.25, -0.2) is 4.68 Å². The molecule has 1 aliphatic rings. The molecule has 0 spiro atoms. The van der Waals surface area contributed by atoms with Crippen molar-refractivity contribution in [3.63, 3.8) is 0 Å². The lowest BCUT2D eigenvalue weighted by Crippen LogP contribution is -2.34. The van der Waals surface area contributed by atoms with Gasteiger partial charge in [-0.2, -0.15) is 0 Å². The van der Waals surface area contributed by atoms with Crippen molar-refractivity contribution in [3.05, 3.63) is 0 Å². The fraction of sp³-hybridized carbons (Fsp3) is 0.857. The van der Waals surface area contributed by atoms with E-state index in [-0.39, 0.29) is 0 Å². The molecule has 13 heavy (non-hydrogen) atoms. The smallest absolute Gasteiger partial charge is 0.240 e. The zero-order valence-electron chi connectivity index (χ0n) is 7.72. The molecule has 0 aliphatic carbocycles. The van der Waals surface area contributed by atoms with E-state index >= 15 is 0 Å². The van der Waals surface area contributed by atoms with Gasteiger partial charge < -0.3 is 10.6 Å². The van der Waals surface area contributed by atoms with Crippen LogP contribution in [0.25, 0.3) is 0 Å². The van der Waals surface area contributed by atoms with Crippen molar-refractivity contribution in [1.82, 2.24) is 25.1 Å². The molecule has 0 amide bonds. The Morgan fingerprint density at radius 3 is 3.00 bits per heavy atom. The van der Waals surface area contributed by atoms with Crippen LogP contribution in [0, 0.1) is 0 Å². The Morgan fingerprint density at radius 2 is 2.38 bits per heavy atom. The lowest BCUT2D eigenvalue weighted by Gasteiger charge is -2.29. The van der Waals surface area contributed by atoms with Gasteiger partial charge in [0, 0.05) is 6.54 Å². The number of aromatic nitrogens is 4. The van der Waals surface area contributed by atoms with E-state index in [2.05, 4.69) is 27.5 Å². The van der Waals surface area contributed by atoms with Crippen LogP contribution in [-0.2, 0) is 0 Å². The number of nitrogens with zero attached hydrogens (tertiary/aromatic N) is 5. The zero-order valence-corrected chi connectivity index (χ0v) is 7.72. The Morgan fingerprint density at radius 1 is 1.54 bits per heavy atom. The average molecular weight is 182 g/mol. The van der Waals surface area contributed by atoms with Crippen molar-refractivity contribution in [2.75, 3.05) is 25.9 Å². The molecule has 1 saturated heterocycles. The zero-order chi connectivity index (χ0) is 9.26. The van der Waals surface area contributed by atoms with Gasteiger partial charge in [0.1, 0.15) is 0 Å². The molecule has 6 nitrogen and oxygen atoms in total. The first-order valence-corrected chi connectivity index (χ1v) is 4.49. The summed E-state index contributed by atoms with van der Waals surface area (Å²) >= 11 is 0. The maximum absolute atomic E-state index is 5.63. The molecular weight excluding hydrogens is 168 g/mol. The van der Waals surface area contributed by atoms with Gasteiger partial charge in [0.15, 0.2) is 0 Å². The minimum Gasteiger partial charge on any atom is -0.367 e. The van der Waals surface area contributed by atoms with E-state index in [1.54, 1.807) is 4.68 Å². The highest BCUT2D eigenvalue weighted by molar-refractivity contribution is 5.11. The van der Waals surface area contributed by atoms with Crippen molar-refractivity contribution in [2.45, 2.75) is 18.9 Å². The van der Waals surface area contributed by atoms with Crippen LogP contribution in [0.4, 0.5) is 5.95 Å². The van der Waals surface area contributed by atoms with E-state index in [4.69, 9.17) is 5.73 Å². The number of rotatable bonds is 1. The Balaban J connectivity index is 2.12. The molecule has 1 aromatic heterocycles. The van der Waals surface area contributed by atoms with E-state index in [1.165, 1.54) is 6.42 Å². The molecule has 0 saturated carbocycles. The van der Waals surface area contributed by atoms with Gasteiger partial charge in [0.2, 0.25) is 5.95 Å². The summed E-state index contributed by atoms with van der Waals surface area (Å²) in [5, 5.41) is 11.1. The van der Waals surface area contributed by atoms with Gasteiger partial charge >= 0.3 is 0 Å². The molecule has 2 N–H and O–H groups in total. The maximum atomic E-state index is 5.63. The summed E-state index contributed by atoms with van der Waals surface area (Å²) in [6.45, 7) is 2.13. The molecular formula is C7H14N6. The molecule has 1 aliphatic heterocycles. The van der Waals surface area contributed by atoms with Gasteiger partial charge in [-0.05, 0) is 36.9 Å². The summed E-state index contributed by atoms with van der Waals surface area (Å²) < 4.78 is 1.72. The fourth-order valence-corrected chi connectivity index (χ4v) is 1.80. The first-order chi connectivity index (χ1) is 6.27. The number of likely N-dealkylation sites (N-methyl/N-ethyl adjacent to an activating group) is 1. The quantitative estimate of drug-likeness (QED) is 0.635. The third-order valence-corrected chi connectivity index (χ3v) is 2.46. The highest BCUT2D eigenvalue weighted by Gasteiger charge is 2.21. The Labute approximate surface area is 76.7 Å². The van der Waals surface area contributed by atoms with Crippen LogP contribution in [0.1, 0.15) is 18.9 Å². The number of nitrogen functional groups attached to an aromatic ring is 1. The largest absolute Gasteiger partial charge is 0.367 e. The van der Waals surface area contributed by atoms with Gasteiger partial charge in [0.25, 0.3) is 0 Å². The number of piperidine rings is 1. The van der Waals surface area contributed by atoms with Gasteiger partial charge in [-0.3, -0.25) is 0 Å².